The maximum Gasteiger partial charge on any atom is 0.380 e. The van der Waals surface area contributed by atoms with E-state index in [2.05, 4.69) is 4.18 Å². The van der Waals surface area contributed by atoms with E-state index in [1.165, 1.54) is 29.2 Å². The molecule has 22 heavy (non-hydrogen) atoms. The van der Waals surface area contributed by atoms with Gasteiger partial charge in [-0.3, -0.25) is 4.90 Å². The summed E-state index contributed by atoms with van der Waals surface area (Å²) in [6.45, 7) is 0. The number of carbonyl (C=O) groups is 1. The summed E-state index contributed by atoms with van der Waals surface area (Å²) >= 11 is 5.80. The van der Waals surface area contributed by atoms with Crippen LogP contribution in [0, 0.1) is 0 Å². The van der Waals surface area contributed by atoms with Gasteiger partial charge in [-0.05, 0) is 48.5 Å². The number of carbonyl (C=O) groups excluding carboxylic acids is 1. The van der Waals surface area contributed by atoms with Gasteiger partial charge in [-0.1, -0.05) is 11.6 Å². The van der Waals surface area contributed by atoms with Gasteiger partial charge >= 0.3 is 16.3 Å². The second kappa shape index (κ2) is 6.22. The average Bonchev–Trinajstić information content (AvgIpc) is 2.41. The van der Waals surface area contributed by atoms with Crippen molar-refractivity contribution in [2.24, 2.45) is 10.9 Å². The predicted octanol–water partition coefficient (Wildman–Crippen LogP) is 2.14. The first-order valence-corrected chi connectivity index (χ1v) is 7.78. The molecule has 0 heterocycles. The minimum absolute atomic E-state index is 0.0202. The lowest BCUT2D eigenvalue weighted by atomic mass is 10.2. The summed E-state index contributed by atoms with van der Waals surface area (Å²) in [5.74, 6) is 0.0202. The number of amides is 2. The number of primary amides is 1. The molecule has 0 saturated heterocycles. The van der Waals surface area contributed by atoms with Gasteiger partial charge in [0.15, 0.2) is 0 Å². The molecule has 0 radical (unpaired) electrons. The topological polar surface area (TPSA) is 116 Å². The van der Waals surface area contributed by atoms with E-state index in [1.807, 2.05) is 0 Å². The summed E-state index contributed by atoms with van der Waals surface area (Å²) in [4.78, 5) is 12.9. The summed E-state index contributed by atoms with van der Waals surface area (Å²) in [5, 5.41) is 5.29. The Morgan fingerprint density at radius 3 is 1.86 bits per heavy atom. The van der Waals surface area contributed by atoms with Crippen LogP contribution in [-0.4, -0.2) is 14.4 Å². The lowest BCUT2D eigenvalue weighted by Gasteiger charge is -2.20. The number of nitrogens with two attached hydrogens (primary N) is 2. The minimum atomic E-state index is -4.10. The number of anilines is 2. The first-order chi connectivity index (χ1) is 10.3. The van der Waals surface area contributed by atoms with Gasteiger partial charge in [0.2, 0.25) is 0 Å². The van der Waals surface area contributed by atoms with Crippen LogP contribution < -0.4 is 20.0 Å². The average molecular weight is 342 g/mol. The van der Waals surface area contributed by atoms with Crippen molar-refractivity contribution in [3.8, 4) is 5.75 Å². The maximum absolute atomic E-state index is 11.7. The number of halogens is 1. The zero-order chi connectivity index (χ0) is 16.3. The summed E-state index contributed by atoms with van der Waals surface area (Å²) in [6, 6.07) is 11.4. The van der Waals surface area contributed by atoms with E-state index in [-0.39, 0.29) is 5.75 Å². The zero-order valence-corrected chi connectivity index (χ0v) is 12.7. The Bertz CT molecular complexity index is 776. The molecule has 0 atom stereocenters. The molecule has 2 rings (SSSR count). The van der Waals surface area contributed by atoms with Gasteiger partial charge in [0.1, 0.15) is 5.75 Å². The van der Waals surface area contributed by atoms with Crippen molar-refractivity contribution >= 4 is 39.3 Å². The summed E-state index contributed by atoms with van der Waals surface area (Å²) in [7, 11) is -4.10. The van der Waals surface area contributed by atoms with Crippen molar-refractivity contribution in [1.82, 2.24) is 0 Å². The van der Waals surface area contributed by atoms with E-state index in [9.17, 15) is 13.2 Å². The predicted molar refractivity (Wildman–Crippen MR) is 83.4 cm³/mol. The number of hydrogen-bond donors (Lipinski definition) is 2. The number of benzene rings is 2. The van der Waals surface area contributed by atoms with Crippen molar-refractivity contribution in [3.05, 3.63) is 53.6 Å². The summed E-state index contributed by atoms with van der Waals surface area (Å²) < 4.78 is 26.2. The van der Waals surface area contributed by atoms with Crippen LogP contribution in [-0.2, 0) is 10.3 Å². The summed E-state index contributed by atoms with van der Waals surface area (Å²) in [5.41, 5.74) is 6.32. The molecule has 0 aliphatic carbocycles. The molecule has 2 amide bonds. The highest BCUT2D eigenvalue weighted by Gasteiger charge is 2.15. The van der Waals surface area contributed by atoms with Crippen molar-refractivity contribution in [2.75, 3.05) is 4.90 Å². The second-order valence-corrected chi connectivity index (χ2v) is 5.81. The highest BCUT2D eigenvalue weighted by molar-refractivity contribution is 7.84. The first kappa shape index (κ1) is 16.1. The van der Waals surface area contributed by atoms with Crippen LogP contribution in [0.3, 0.4) is 0 Å². The third-order valence-corrected chi connectivity index (χ3v) is 3.29. The van der Waals surface area contributed by atoms with Crippen molar-refractivity contribution < 1.29 is 17.4 Å². The van der Waals surface area contributed by atoms with Crippen molar-refractivity contribution in [1.29, 1.82) is 0 Å². The molecule has 0 unspecified atom stereocenters. The van der Waals surface area contributed by atoms with Crippen LogP contribution in [0.2, 0.25) is 5.02 Å². The molecule has 4 N–H and O–H groups in total. The highest BCUT2D eigenvalue weighted by Crippen LogP contribution is 2.28. The number of hydrogen-bond acceptors (Lipinski definition) is 4. The van der Waals surface area contributed by atoms with Crippen molar-refractivity contribution in [3.63, 3.8) is 0 Å². The van der Waals surface area contributed by atoms with Crippen LogP contribution in [0.4, 0.5) is 16.2 Å². The Morgan fingerprint density at radius 1 is 1.00 bits per heavy atom. The third kappa shape index (κ3) is 4.10. The smallest absolute Gasteiger partial charge is 0.371 e. The van der Waals surface area contributed by atoms with Crippen LogP contribution in [0.5, 0.6) is 5.75 Å². The Balaban J connectivity index is 2.33. The van der Waals surface area contributed by atoms with E-state index in [0.717, 1.165) is 0 Å². The molecule has 2 aromatic rings. The van der Waals surface area contributed by atoms with Gasteiger partial charge in [0, 0.05) is 5.02 Å². The van der Waals surface area contributed by atoms with Crippen LogP contribution in [0.15, 0.2) is 48.5 Å². The van der Waals surface area contributed by atoms with Gasteiger partial charge in [-0.25, -0.2) is 4.79 Å². The van der Waals surface area contributed by atoms with E-state index in [4.69, 9.17) is 22.5 Å². The van der Waals surface area contributed by atoms with E-state index >= 15 is 0 Å². The van der Waals surface area contributed by atoms with Gasteiger partial charge in [0.25, 0.3) is 0 Å². The monoisotopic (exact) mass is 341 g/mol. The molecule has 0 aliphatic heterocycles. The van der Waals surface area contributed by atoms with Gasteiger partial charge in [-0.15, -0.1) is 0 Å². The van der Waals surface area contributed by atoms with Gasteiger partial charge < -0.3 is 9.92 Å². The lowest BCUT2D eigenvalue weighted by Crippen LogP contribution is -2.31. The molecule has 2 aromatic carbocycles. The third-order valence-electron chi connectivity index (χ3n) is 2.61. The van der Waals surface area contributed by atoms with Gasteiger partial charge in [-0.2, -0.15) is 13.6 Å². The Hall–Kier alpha value is -2.29. The molecule has 0 fully saturated rings. The lowest BCUT2D eigenvalue weighted by molar-refractivity contribution is 0.256. The molecule has 0 bridgehead atoms. The van der Waals surface area contributed by atoms with E-state index in [1.54, 1.807) is 24.3 Å². The molecular weight excluding hydrogens is 330 g/mol. The Morgan fingerprint density at radius 2 is 1.45 bits per heavy atom. The molecule has 0 aliphatic rings. The van der Waals surface area contributed by atoms with Crippen LogP contribution >= 0.6 is 11.6 Å². The standard InChI is InChI=1S/C13H12ClN3O4S/c14-9-1-3-10(4-2-9)17(13(15)18)11-5-7-12(8-6-11)21-22(16,19)20/h1-8H,(H2,15,18)(H2,16,19,20). The van der Waals surface area contributed by atoms with Crippen LogP contribution in [0.25, 0.3) is 0 Å². The fourth-order valence-electron chi connectivity index (χ4n) is 1.78. The number of rotatable bonds is 4. The van der Waals surface area contributed by atoms with Crippen molar-refractivity contribution in [2.45, 2.75) is 0 Å². The largest absolute Gasteiger partial charge is 0.380 e. The SMILES string of the molecule is NC(=O)N(c1ccc(Cl)cc1)c1ccc(OS(N)(=O)=O)cc1. The van der Waals surface area contributed by atoms with E-state index < -0.39 is 16.3 Å². The molecule has 7 nitrogen and oxygen atoms in total. The van der Waals surface area contributed by atoms with Crippen LogP contribution in [0.1, 0.15) is 0 Å². The fraction of sp³-hybridized carbons (Fsp3) is 0. The molecule has 0 saturated carbocycles. The minimum Gasteiger partial charge on any atom is -0.371 e. The molecule has 116 valence electrons. The molecule has 9 heteroatoms. The Kier molecular flexibility index (Phi) is 4.55. The van der Waals surface area contributed by atoms with E-state index in [0.29, 0.717) is 16.4 Å². The number of nitrogens with zero attached hydrogens (tertiary/aromatic N) is 1. The molecular formula is C13H12ClN3O4S. The molecule has 0 aromatic heterocycles. The fourth-order valence-corrected chi connectivity index (χ4v) is 2.28. The summed E-state index contributed by atoms with van der Waals surface area (Å²) in [6.07, 6.45) is 0. The maximum atomic E-state index is 11.7. The number of urea groups is 1. The van der Waals surface area contributed by atoms with Gasteiger partial charge in [0.05, 0.1) is 11.4 Å². The quantitative estimate of drug-likeness (QED) is 0.886. The normalized spacial score (nSPS) is 11.0. The zero-order valence-electron chi connectivity index (χ0n) is 11.1. The first-order valence-electron chi connectivity index (χ1n) is 5.94. The molecule has 0 spiro atoms. The second-order valence-electron chi connectivity index (χ2n) is 4.22. The Labute approximate surface area is 132 Å². The highest BCUT2D eigenvalue weighted by atomic mass is 35.5.